The number of halogens is 1. The maximum atomic E-state index is 12.1. The second-order valence-corrected chi connectivity index (χ2v) is 6.02. The van der Waals surface area contributed by atoms with Gasteiger partial charge >= 0.3 is 5.97 Å². The summed E-state index contributed by atoms with van der Waals surface area (Å²) in [6.07, 6.45) is 0.737. The highest BCUT2D eigenvalue weighted by atomic mass is 35.5. The molecule has 0 aromatic heterocycles. The molecule has 0 fully saturated rings. The molecule has 0 unspecified atom stereocenters. The minimum absolute atomic E-state index is 0.218. The Morgan fingerprint density at radius 1 is 1.30 bits per heavy atom. The van der Waals surface area contributed by atoms with Gasteiger partial charge in [0.05, 0.1) is 23.8 Å². The predicted molar refractivity (Wildman–Crippen MR) is 85.2 cm³/mol. The minimum Gasteiger partial charge on any atom is -0.489 e. The van der Waals surface area contributed by atoms with Crippen molar-refractivity contribution in [2.75, 3.05) is 26.4 Å². The molecule has 1 aromatic rings. The Kier molecular flexibility index (Phi) is 6.10. The topological polar surface area (TPSA) is 73.9 Å². The number of carbonyl (C=O) groups excluding carboxylic acids is 2. The summed E-state index contributed by atoms with van der Waals surface area (Å²) in [4.78, 5) is 23.6. The Bertz CT molecular complexity index is 588. The molecule has 1 amide bonds. The second-order valence-electron chi connectivity index (χ2n) is 5.61. The van der Waals surface area contributed by atoms with Gasteiger partial charge in [-0.1, -0.05) is 25.4 Å². The smallest absolute Gasteiger partial charge is 0.338 e. The summed E-state index contributed by atoms with van der Waals surface area (Å²) >= 11 is 6.12. The van der Waals surface area contributed by atoms with E-state index >= 15 is 0 Å². The van der Waals surface area contributed by atoms with E-state index in [1.165, 1.54) is 12.1 Å². The number of hydrogen-bond acceptors (Lipinski definition) is 5. The van der Waals surface area contributed by atoms with E-state index in [1.54, 1.807) is 0 Å². The first-order chi connectivity index (χ1) is 11.0. The zero-order chi connectivity index (χ0) is 16.8. The van der Waals surface area contributed by atoms with E-state index in [4.69, 9.17) is 25.8 Å². The number of esters is 1. The lowest BCUT2D eigenvalue weighted by molar-refractivity contribution is -0.124. The molecule has 7 heteroatoms. The molecule has 1 N–H and O–H groups in total. The number of hydrogen-bond donors (Lipinski definition) is 1. The van der Waals surface area contributed by atoms with Gasteiger partial charge < -0.3 is 19.5 Å². The highest BCUT2D eigenvalue weighted by Crippen LogP contribution is 2.38. The summed E-state index contributed by atoms with van der Waals surface area (Å²) in [6.45, 7) is 5.15. The third kappa shape index (κ3) is 5.03. The number of nitrogens with one attached hydrogen (secondary N) is 1. The first-order valence-corrected chi connectivity index (χ1v) is 7.88. The highest BCUT2D eigenvalue weighted by molar-refractivity contribution is 6.32. The van der Waals surface area contributed by atoms with Crippen LogP contribution in [0.25, 0.3) is 0 Å². The van der Waals surface area contributed by atoms with Gasteiger partial charge in [0.15, 0.2) is 18.1 Å². The average Bonchev–Trinajstić information content (AvgIpc) is 2.76. The molecule has 126 valence electrons. The Morgan fingerprint density at radius 3 is 2.78 bits per heavy atom. The molecule has 0 radical (unpaired) electrons. The molecule has 1 aliphatic rings. The van der Waals surface area contributed by atoms with Crippen molar-refractivity contribution in [2.45, 2.75) is 20.3 Å². The van der Waals surface area contributed by atoms with Crippen molar-refractivity contribution in [2.24, 2.45) is 5.92 Å². The van der Waals surface area contributed by atoms with Gasteiger partial charge in [-0.3, -0.25) is 4.79 Å². The molecule has 2 rings (SSSR count). The van der Waals surface area contributed by atoms with Crippen LogP contribution >= 0.6 is 11.6 Å². The van der Waals surface area contributed by atoms with Crippen molar-refractivity contribution in [3.05, 3.63) is 22.7 Å². The van der Waals surface area contributed by atoms with E-state index < -0.39 is 5.97 Å². The van der Waals surface area contributed by atoms with Crippen LogP contribution in [0.2, 0.25) is 5.02 Å². The lowest BCUT2D eigenvalue weighted by atomic mass is 10.2. The van der Waals surface area contributed by atoms with Gasteiger partial charge in [-0.25, -0.2) is 4.79 Å². The minimum atomic E-state index is -0.637. The summed E-state index contributed by atoms with van der Waals surface area (Å²) in [5, 5.41) is 2.95. The molecule has 0 saturated heterocycles. The summed E-state index contributed by atoms with van der Waals surface area (Å²) < 4.78 is 16.0. The summed E-state index contributed by atoms with van der Waals surface area (Å²) in [5.74, 6) is 0.187. The maximum absolute atomic E-state index is 12.1. The molecule has 1 aromatic carbocycles. The summed E-state index contributed by atoms with van der Waals surface area (Å²) in [7, 11) is 0. The first kappa shape index (κ1) is 17.4. The zero-order valence-electron chi connectivity index (χ0n) is 13.2. The molecule has 0 aliphatic carbocycles. The number of fused-ring (bicyclic) bond motifs is 1. The van der Waals surface area contributed by atoms with Crippen molar-refractivity contribution in [3.63, 3.8) is 0 Å². The van der Waals surface area contributed by atoms with Crippen molar-refractivity contribution < 1.29 is 23.8 Å². The fourth-order valence-electron chi connectivity index (χ4n) is 1.93. The van der Waals surface area contributed by atoms with Crippen LogP contribution in [0.4, 0.5) is 0 Å². The van der Waals surface area contributed by atoms with Crippen LogP contribution in [0.5, 0.6) is 11.5 Å². The normalized spacial score (nSPS) is 13.4. The maximum Gasteiger partial charge on any atom is 0.338 e. The molecular weight excluding hydrogens is 322 g/mol. The van der Waals surface area contributed by atoms with Crippen molar-refractivity contribution in [3.8, 4) is 11.5 Å². The van der Waals surface area contributed by atoms with Gasteiger partial charge in [-0.2, -0.15) is 0 Å². The third-order valence-electron chi connectivity index (χ3n) is 3.08. The van der Waals surface area contributed by atoms with E-state index in [0.717, 1.165) is 6.42 Å². The lowest BCUT2D eigenvalue weighted by Crippen LogP contribution is -2.31. The van der Waals surface area contributed by atoms with Crippen LogP contribution in [0.1, 0.15) is 30.6 Å². The van der Waals surface area contributed by atoms with E-state index in [-0.39, 0.29) is 23.1 Å². The number of carbonyl (C=O) groups is 2. The van der Waals surface area contributed by atoms with Crippen molar-refractivity contribution >= 4 is 23.5 Å². The van der Waals surface area contributed by atoms with Gasteiger partial charge in [0, 0.05) is 13.0 Å². The predicted octanol–water partition coefficient (Wildman–Crippen LogP) is 2.43. The van der Waals surface area contributed by atoms with Crippen LogP contribution in [0.3, 0.4) is 0 Å². The third-order valence-corrected chi connectivity index (χ3v) is 3.36. The van der Waals surface area contributed by atoms with E-state index in [2.05, 4.69) is 5.32 Å². The fraction of sp³-hybridized carbons (Fsp3) is 0.500. The Balaban J connectivity index is 1.98. The van der Waals surface area contributed by atoms with E-state index in [9.17, 15) is 9.59 Å². The monoisotopic (exact) mass is 341 g/mol. The lowest BCUT2D eigenvalue weighted by Gasteiger charge is -2.12. The summed E-state index contributed by atoms with van der Waals surface area (Å²) in [5.41, 5.74) is 0.218. The molecule has 0 spiro atoms. The van der Waals surface area contributed by atoms with Gasteiger partial charge in [-0.05, 0) is 18.1 Å². The standard InChI is InChI=1S/C16H20ClNO5/c1-10(2)8-18-14(19)9-23-16(20)11-6-12(17)15-13(7-11)21-4-3-5-22-15/h6-7,10H,3-5,8-9H2,1-2H3,(H,18,19). The molecule has 1 heterocycles. The number of amides is 1. The van der Waals surface area contributed by atoms with Gasteiger partial charge in [0.2, 0.25) is 0 Å². The number of benzene rings is 1. The molecule has 23 heavy (non-hydrogen) atoms. The van der Waals surface area contributed by atoms with Gasteiger partial charge in [0.25, 0.3) is 5.91 Å². The molecule has 0 atom stereocenters. The van der Waals surface area contributed by atoms with Crippen LogP contribution in [0.15, 0.2) is 12.1 Å². The Hall–Kier alpha value is -1.95. The van der Waals surface area contributed by atoms with Gasteiger partial charge in [0.1, 0.15) is 0 Å². The Labute approximate surface area is 140 Å². The molecule has 0 bridgehead atoms. The van der Waals surface area contributed by atoms with Gasteiger partial charge in [-0.15, -0.1) is 0 Å². The molecule has 6 nitrogen and oxygen atoms in total. The van der Waals surface area contributed by atoms with Crippen LogP contribution < -0.4 is 14.8 Å². The summed E-state index contributed by atoms with van der Waals surface area (Å²) in [6, 6.07) is 2.96. The SMILES string of the molecule is CC(C)CNC(=O)COC(=O)c1cc(Cl)c2c(c1)OCCCO2. The van der Waals surface area contributed by atoms with Crippen LogP contribution in [-0.4, -0.2) is 38.2 Å². The fourth-order valence-corrected chi connectivity index (χ4v) is 2.20. The quantitative estimate of drug-likeness (QED) is 0.833. The second kappa shape index (κ2) is 8.06. The molecular formula is C16H20ClNO5. The van der Waals surface area contributed by atoms with E-state index in [0.29, 0.717) is 37.2 Å². The average molecular weight is 342 g/mol. The largest absolute Gasteiger partial charge is 0.489 e. The Morgan fingerprint density at radius 2 is 2.04 bits per heavy atom. The number of ether oxygens (including phenoxy) is 3. The van der Waals surface area contributed by atoms with Crippen molar-refractivity contribution in [1.82, 2.24) is 5.32 Å². The zero-order valence-corrected chi connectivity index (χ0v) is 13.9. The number of rotatable bonds is 5. The van der Waals surface area contributed by atoms with Crippen LogP contribution in [0, 0.1) is 5.92 Å². The van der Waals surface area contributed by atoms with Crippen LogP contribution in [-0.2, 0) is 9.53 Å². The molecule has 0 saturated carbocycles. The van der Waals surface area contributed by atoms with E-state index in [1.807, 2.05) is 13.8 Å². The highest BCUT2D eigenvalue weighted by Gasteiger charge is 2.19. The molecule has 1 aliphatic heterocycles. The first-order valence-electron chi connectivity index (χ1n) is 7.50. The van der Waals surface area contributed by atoms with Crippen molar-refractivity contribution in [1.29, 1.82) is 0 Å².